The van der Waals surface area contributed by atoms with Gasteiger partial charge in [-0.2, -0.15) is 0 Å². The molecule has 0 unspecified atom stereocenters. The van der Waals surface area contributed by atoms with Crippen LogP contribution in [0.5, 0.6) is 5.75 Å². The lowest BCUT2D eigenvalue weighted by molar-refractivity contribution is 0.416. The summed E-state index contributed by atoms with van der Waals surface area (Å²) in [5, 5.41) is 0.997. The van der Waals surface area contributed by atoms with Gasteiger partial charge < -0.3 is 9.72 Å². The van der Waals surface area contributed by atoms with Gasteiger partial charge in [-0.05, 0) is 6.07 Å². The van der Waals surface area contributed by atoms with Crippen molar-refractivity contribution in [1.82, 2.24) is 15.0 Å². The number of rotatable bonds is 2. The minimum atomic E-state index is 0.834. The van der Waals surface area contributed by atoms with E-state index in [1.165, 1.54) is 6.33 Å². The summed E-state index contributed by atoms with van der Waals surface area (Å²) >= 11 is 0. The van der Waals surface area contributed by atoms with E-state index in [4.69, 9.17) is 4.74 Å². The summed E-state index contributed by atoms with van der Waals surface area (Å²) < 4.78 is 5.36. The van der Waals surface area contributed by atoms with Gasteiger partial charge in [-0.15, -0.1) is 0 Å². The van der Waals surface area contributed by atoms with Crippen LogP contribution in [0.4, 0.5) is 0 Å². The number of methoxy groups -OCH3 is 1. The highest BCUT2D eigenvalue weighted by Gasteiger charge is 2.10. The second kappa shape index (κ2) is 3.90. The minimum Gasteiger partial charge on any atom is -0.496 e. The summed E-state index contributed by atoms with van der Waals surface area (Å²) in [5.41, 5.74) is 2.93. The van der Waals surface area contributed by atoms with Gasteiger partial charge in [-0.25, -0.2) is 9.97 Å². The first kappa shape index (κ1) is 9.84. The molecule has 2 heterocycles. The van der Waals surface area contributed by atoms with Crippen LogP contribution in [-0.2, 0) is 0 Å². The number of hydrogen-bond donors (Lipinski definition) is 1. The zero-order chi connectivity index (χ0) is 11.7. The van der Waals surface area contributed by atoms with E-state index in [2.05, 4.69) is 15.0 Å². The third kappa shape index (κ3) is 1.54. The van der Waals surface area contributed by atoms with Gasteiger partial charge in [0.2, 0.25) is 0 Å². The average molecular weight is 225 g/mol. The van der Waals surface area contributed by atoms with Crippen molar-refractivity contribution in [3.63, 3.8) is 0 Å². The fraction of sp³-hybridized carbons (Fsp3) is 0.0769. The molecule has 17 heavy (non-hydrogen) atoms. The van der Waals surface area contributed by atoms with Gasteiger partial charge in [0.1, 0.15) is 17.7 Å². The van der Waals surface area contributed by atoms with Crippen molar-refractivity contribution < 1.29 is 4.74 Å². The van der Waals surface area contributed by atoms with E-state index in [9.17, 15) is 0 Å². The molecule has 3 aromatic rings. The van der Waals surface area contributed by atoms with Crippen LogP contribution in [0.1, 0.15) is 0 Å². The van der Waals surface area contributed by atoms with Crippen LogP contribution < -0.4 is 4.74 Å². The Morgan fingerprint density at radius 3 is 2.94 bits per heavy atom. The molecule has 1 N–H and O–H groups in total. The van der Waals surface area contributed by atoms with Crippen molar-refractivity contribution in [2.24, 2.45) is 0 Å². The van der Waals surface area contributed by atoms with Gasteiger partial charge in [0.05, 0.1) is 7.11 Å². The Labute approximate surface area is 98.3 Å². The Balaban J connectivity index is 2.27. The lowest BCUT2D eigenvalue weighted by Gasteiger charge is -2.06. The van der Waals surface area contributed by atoms with Crippen molar-refractivity contribution in [3.8, 4) is 16.9 Å². The van der Waals surface area contributed by atoms with Crippen molar-refractivity contribution in [3.05, 3.63) is 43.0 Å². The fourth-order valence-electron chi connectivity index (χ4n) is 1.95. The maximum Gasteiger partial charge on any atom is 0.141 e. The number of hydrogen-bond acceptors (Lipinski definition) is 3. The van der Waals surface area contributed by atoms with Crippen molar-refractivity contribution in [1.29, 1.82) is 0 Å². The molecule has 0 atom stereocenters. The number of aromatic nitrogens is 3. The van der Waals surface area contributed by atoms with Gasteiger partial charge in [0, 0.05) is 28.9 Å². The van der Waals surface area contributed by atoms with Crippen LogP contribution in [0.15, 0.2) is 43.0 Å². The number of ether oxygens (including phenoxy) is 1. The summed E-state index contributed by atoms with van der Waals surface area (Å²) in [6.07, 6.45) is 5.27. The molecule has 0 spiro atoms. The molecule has 0 aliphatic rings. The molecule has 84 valence electrons. The molecule has 0 saturated heterocycles. The quantitative estimate of drug-likeness (QED) is 0.729. The standard InChI is InChI=1S/C13H11N3O/c1-17-12-5-3-2-4-9(12)10-7-15-13-11(10)6-14-8-16-13/h2-8H,1H3,(H,14,15,16). The topological polar surface area (TPSA) is 50.8 Å². The molecule has 4 heteroatoms. The van der Waals surface area contributed by atoms with Gasteiger partial charge >= 0.3 is 0 Å². The summed E-state index contributed by atoms with van der Waals surface area (Å²) in [7, 11) is 1.67. The molecular weight excluding hydrogens is 214 g/mol. The van der Waals surface area contributed by atoms with Crippen molar-refractivity contribution in [2.45, 2.75) is 0 Å². The van der Waals surface area contributed by atoms with Crippen LogP contribution >= 0.6 is 0 Å². The van der Waals surface area contributed by atoms with E-state index in [-0.39, 0.29) is 0 Å². The smallest absolute Gasteiger partial charge is 0.141 e. The Bertz CT molecular complexity index is 660. The minimum absolute atomic E-state index is 0.834. The number of para-hydroxylation sites is 1. The molecule has 0 saturated carbocycles. The SMILES string of the molecule is COc1ccccc1-c1c[nH]c2ncncc12. The second-order valence-electron chi connectivity index (χ2n) is 3.69. The zero-order valence-corrected chi connectivity index (χ0v) is 9.34. The first-order chi connectivity index (χ1) is 8.40. The average Bonchev–Trinajstić information content (AvgIpc) is 2.82. The van der Waals surface area contributed by atoms with E-state index in [0.717, 1.165) is 27.9 Å². The molecule has 0 amide bonds. The number of H-pyrrole nitrogens is 1. The summed E-state index contributed by atoms with van der Waals surface area (Å²) in [6, 6.07) is 7.90. The maximum atomic E-state index is 5.36. The number of fused-ring (bicyclic) bond motifs is 1. The normalized spacial score (nSPS) is 10.6. The zero-order valence-electron chi connectivity index (χ0n) is 9.34. The summed E-state index contributed by atoms with van der Waals surface area (Å²) in [6.45, 7) is 0. The molecule has 0 bridgehead atoms. The molecule has 4 nitrogen and oxygen atoms in total. The van der Waals surface area contributed by atoms with E-state index in [0.29, 0.717) is 0 Å². The van der Waals surface area contributed by atoms with Crippen molar-refractivity contribution >= 4 is 11.0 Å². The molecule has 2 aromatic heterocycles. The third-order valence-corrected chi connectivity index (χ3v) is 2.75. The molecular formula is C13H11N3O. The van der Waals surface area contributed by atoms with E-state index < -0.39 is 0 Å². The predicted octanol–water partition coefficient (Wildman–Crippen LogP) is 2.63. The second-order valence-corrected chi connectivity index (χ2v) is 3.69. The highest BCUT2D eigenvalue weighted by molar-refractivity contribution is 5.94. The molecule has 1 aromatic carbocycles. The monoisotopic (exact) mass is 225 g/mol. The lowest BCUT2D eigenvalue weighted by atomic mass is 10.1. The molecule has 0 radical (unpaired) electrons. The van der Waals surface area contributed by atoms with Crippen LogP contribution in [0.25, 0.3) is 22.2 Å². The Kier molecular flexibility index (Phi) is 2.26. The molecule has 3 rings (SSSR count). The maximum absolute atomic E-state index is 5.36. The number of benzene rings is 1. The number of aromatic amines is 1. The first-order valence-corrected chi connectivity index (χ1v) is 5.30. The van der Waals surface area contributed by atoms with Crippen LogP contribution in [0, 0.1) is 0 Å². The largest absolute Gasteiger partial charge is 0.496 e. The Morgan fingerprint density at radius 1 is 1.18 bits per heavy atom. The Morgan fingerprint density at radius 2 is 2.06 bits per heavy atom. The van der Waals surface area contributed by atoms with Crippen LogP contribution in [0.2, 0.25) is 0 Å². The first-order valence-electron chi connectivity index (χ1n) is 5.30. The molecule has 0 aliphatic heterocycles. The fourth-order valence-corrected chi connectivity index (χ4v) is 1.95. The summed E-state index contributed by atoms with van der Waals surface area (Å²) in [4.78, 5) is 11.4. The van der Waals surface area contributed by atoms with E-state index >= 15 is 0 Å². The van der Waals surface area contributed by atoms with E-state index in [1.54, 1.807) is 13.3 Å². The van der Waals surface area contributed by atoms with Crippen molar-refractivity contribution in [2.75, 3.05) is 7.11 Å². The van der Waals surface area contributed by atoms with Crippen LogP contribution in [-0.4, -0.2) is 22.1 Å². The highest BCUT2D eigenvalue weighted by atomic mass is 16.5. The Hall–Kier alpha value is -2.36. The summed E-state index contributed by atoms with van der Waals surface area (Å²) in [5.74, 6) is 0.845. The van der Waals surface area contributed by atoms with E-state index in [1.807, 2.05) is 30.5 Å². The van der Waals surface area contributed by atoms with Gasteiger partial charge in [0.15, 0.2) is 0 Å². The molecule has 0 fully saturated rings. The number of nitrogens with one attached hydrogen (secondary N) is 1. The van der Waals surface area contributed by atoms with Gasteiger partial charge in [-0.1, -0.05) is 18.2 Å². The molecule has 0 aliphatic carbocycles. The van der Waals surface area contributed by atoms with Gasteiger partial charge in [-0.3, -0.25) is 0 Å². The third-order valence-electron chi connectivity index (χ3n) is 2.75. The lowest BCUT2D eigenvalue weighted by Crippen LogP contribution is -1.86. The van der Waals surface area contributed by atoms with Gasteiger partial charge in [0.25, 0.3) is 0 Å². The van der Waals surface area contributed by atoms with Crippen LogP contribution in [0.3, 0.4) is 0 Å². The predicted molar refractivity (Wildman–Crippen MR) is 65.9 cm³/mol. The highest BCUT2D eigenvalue weighted by Crippen LogP contribution is 2.33. The number of nitrogens with zero attached hydrogens (tertiary/aromatic N) is 2.